The molecule has 0 fully saturated rings. The smallest absolute Gasteiger partial charge is 0.164 e. The Bertz CT molecular complexity index is 2800. The first kappa shape index (κ1) is 28.3. The molecule has 0 aliphatic rings. The third kappa shape index (κ3) is 4.48. The van der Waals surface area contributed by atoms with E-state index in [1.54, 1.807) is 0 Å². The Balaban J connectivity index is 1.22. The van der Waals surface area contributed by atoms with Crippen molar-refractivity contribution in [2.45, 2.75) is 6.92 Å². The minimum absolute atomic E-state index is 0.623. The van der Waals surface area contributed by atoms with Crippen LogP contribution in [-0.4, -0.2) is 24.3 Å². The average molecular weight is 640 g/mol. The Morgan fingerprint density at radius 3 is 1.42 bits per heavy atom. The summed E-state index contributed by atoms with van der Waals surface area (Å²) < 4.78 is 2.12. The molecule has 7 aromatic carbocycles. The average Bonchev–Trinajstić information content (AvgIpc) is 3.53. The van der Waals surface area contributed by atoms with E-state index in [1.165, 1.54) is 21.5 Å². The number of rotatable bonds is 4. The summed E-state index contributed by atoms with van der Waals surface area (Å²) in [6, 6.07) is 53.0. The number of pyridine rings is 1. The van der Waals surface area contributed by atoms with E-state index in [0.29, 0.717) is 17.5 Å². The summed E-state index contributed by atoms with van der Waals surface area (Å²) in [5.74, 6) is 1.91. The summed E-state index contributed by atoms with van der Waals surface area (Å²) in [5, 5.41) is 9.27. The Hall–Kier alpha value is -6.72. The van der Waals surface area contributed by atoms with Crippen LogP contribution in [0.5, 0.6) is 0 Å². The Morgan fingerprint density at radius 2 is 0.860 bits per heavy atom. The number of hydrogen-bond acceptors (Lipinski definition) is 4. The van der Waals surface area contributed by atoms with E-state index in [9.17, 15) is 0 Å². The van der Waals surface area contributed by atoms with E-state index in [4.69, 9.17) is 19.9 Å². The molecular formula is C45H29N5. The van der Waals surface area contributed by atoms with Crippen LogP contribution in [0.1, 0.15) is 5.69 Å². The predicted molar refractivity (Wildman–Crippen MR) is 205 cm³/mol. The fraction of sp³-hybridized carbons (Fsp3) is 0.0222. The van der Waals surface area contributed by atoms with Crippen molar-refractivity contribution in [3.8, 4) is 45.4 Å². The van der Waals surface area contributed by atoms with Gasteiger partial charge in [-0.2, -0.15) is 0 Å². The standard InChI is InChI=1S/C45H29N5/c1-28-42(46-41-20-10-11-25-50(28)41)29-21-23-30(24-22-29)43-47-44(39-26-31-12-2-4-14-33(31)35-16-6-8-18-37(35)39)49-45(48-43)40-27-32-13-3-5-15-34(32)36-17-7-9-19-38(36)40/h2-27H,1H3. The van der Waals surface area contributed by atoms with Gasteiger partial charge in [0, 0.05) is 34.1 Å². The van der Waals surface area contributed by atoms with Gasteiger partial charge in [0.25, 0.3) is 0 Å². The van der Waals surface area contributed by atoms with Crippen molar-refractivity contribution in [1.82, 2.24) is 24.3 Å². The largest absolute Gasteiger partial charge is 0.304 e. The van der Waals surface area contributed by atoms with Gasteiger partial charge in [0.1, 0.15) is 5.65 Å². The lowest BCUT2D eigenvalue weighted by atomic mass is 9.96. The van der Waals surface area contributed by atoms with Crippen molar-refractivity contribution in [3.05, 3.63) is 164 Å². The maximum atomic E-state index is 5.28. The molecule has 0 unspecified atom stereocenters. The number of imidazole rings is 1. The second-order valence-electron chi connectivity index (χ2n) is 12.7. The molecule has 0 amide bonds. The van der Waals surface area contributed by atoms with Crippen LogP contribution in [0.4, 0.5) is 0 Å². The summed E-state index contributed by atoms with van der Waals surface area (Å²) in [7, 11) is 0. The molecule has 0 spiro atoms. The minimum atomic E-state index is 0.623. The number of aromatic nitrogens is 5. The molecule has 0 bridgehead atoms. The number of nitrogens with zero attached hydrogens (tertiary/aromatic N) is 5. The molecule has 0 atom stereocenters. The van der Waals surface area contributed by atoms with E-state index in [1.807, 2.05) is 18.2 Å². The van der Waals surface area contributed by atoms with E-state index in [-0.39, 0.29) is 0 Å². The molecule has 3 aromatic heterocycles. The third-order valence-corrected chi connectivity index (χ3v) is 9.84. The van der Waals surface area contributed by atoms with Gasteiger partial charge in [-0.05, 0) is 74.3 Å². The second-order valence-corrected chi connectivity index (χ2v) is 12.7. The first-order chi connectivity index (χ1) is 24.7. The van der Waals surface area contributed by atoms with Crippen LogP contribution < -0.4 is 0 Å². The quantitative estimate of drug-likeness (QED) is 0.180. The van der Waals surface area contributed by atoms with Crippen LogP contribution in [0.15, 0.2) is 158 Å². The summed E-state index contributed by atoms with van der Waals surface area (Å²) in [5.41, 5.74) is 6.91. The summed E-state index contributed by atoms with van der Waals surface area (Å²) in [4.78, 5) is 20.6. The van der Waals surface area contributed by atoms with Crippen molar-refractivity contribution in [1.29, 1.82) is 0 Å². The van der Waals surface area contributed by atoms with E-state index in [0.717, 1.165) is 60.8 Å². The predicted octanol–water partition coefficient (Wildman–Crippen LogP) is 11.1. The summed E-state index contributed by atoms with van der Waals surface area (Å²) >= 11 is 0. The van der Waals surface area contributed by atoms with E-state index >= 15 is 0 Å². The Kier molecular flexibility index (Phi) is 6.33. The molecule has 0 radical (unpaired) electrons. The fourth-order valence-electron chi connectivity index (χ4n) is 7.39. The zero-order chi connectivity index (χ0) is 33.2. The third-order valence-electron chi connectivity index (χ3n) is 9.84. The van der Waals surface area contributed by atoms with Crippen molar-refractivity contribution in [3.63, 3.8) is 0 Å². The molecule has 0 aliphatic heterocycles. The Labute approximate surface area is 288 Å². The molecule has 234 valence electrons. The van der Waals surface area contributed by atoms with Crippen LogP contribution in [-0.2, 0) is 0 Å². The van der Waals surface area contributed by atoms with Gasteiger partial charge in [0.15, 0.2) is 17.5 Å². The molecular weight excluding hydrogens is 611 g/mol. The highest BCUT2D eigenvalue weighted by Crippen LogP contribution is 2.38. The lowest BCUT2D eigenvalue weighted by Gasteiger charge is -2.14. The van der Waals surface area contributed by atoms with Crippen molar-refractivity contribution >= 4 is 48.7 Å². The lowest BCUT2D eigenvalue weighted by Crippen LogP contribution is -2.01. The Morgan fingerprint density at radius 1 is 0.400 bits per heavy atom. The van der Waals surface area contributed by atoms with Gasteiger partial charge in [-0.1, -0.05) is 127 Å². The van der Waals surface area contributed by atoms with Gasteiger partial charge >= 0.3 is 0 Å². The van der Waals surface area contributed by atoms with Gasteiger partial charge in [-0.25, -0.2) is 19.9 Å². The van der Waals surface area contributed by atoms with Gasteiger partial charge < -0.3 is 4.40 Å². The van der Waals surface area contributed by atoms with Crippen LogP contribution in [0.3, 0.4) is 0 Å². The first-order valence-corrected chi connectivity index (χ1v) is 16.8. The van der Waals surface area contributed by atoms with Crippen LogP contribution in [0, 0.1) is 6.92 Å². The van der Waals surface area contributed by atoms with Crippen molar-refractivity contribution < 1.29 is 0 Å². The molecule has 10 aromatic rings. The highest BCUT2D eigenvalue weighted by atomic mass is 15.0. The highest BCUT2D eigenvalue weighted by molar-refractivity contribution is 6.14. The summed E-state index contributed by atoms with van der Waals surface area (Å²) in [6.45, 7) is 2.11. The van der Waals surface area contributed by atoms with Crippen LogP contribution in [0.2, 0.25) is 0 Å². The topological polar surface area (TPSA) is 56.0 Å². The second kappa shape index (κ2) is 11.2. The molecule has 0 saturated heterocycles. The maximum absolute atomic E-state index is 5.28. The van der Waals surface area contributed by atoms with E-state index < -0.39 is 0 Å². The number of fused-ring (bicyclic) bond motifs is 7. The molecule has 0 saturated carbocycles. The normalized spacial score (nSPS) is 11.7. The fourth-order valence-corrected chi connectivity index (χ4v) is 7.39. The minimum Gasteiger partial charge on any atom is -0.304 e. The molecule has 10 rings (SSSR count). The lowest BCUT2D eigenvalue weighted by molar-refractivity contribution is 1.08. The molecule has 0 N–H and O–H groups in total. The van der Waals surface area contributed by atoms with Gasteiger partial charge in [0.05, 0.1) is 5.69 Å². The monoisotopic (exact) mass is 639 g/mol. The molecule has 5 heteroatoms. The van der Waals surface area contributed by atoms with Crippen molar-refractivity contribution in [2.24, 2.45) is 0 Å². The zero-order valence-corrected chi connectivity index (χ0v) is 27.2. The maximum Gasteiger partial charge on any atom is 0.164 e. The van der Waals surface area contributed by atoms with Crippen LogP contribution >= 0.6 is 0 Å². The molecule has 5 nitrogen and oxygen atoms in total. The van der Waals surface area contributed by atoms with Gasteiger partial charge in [0.2, 0.25) is 0 Å². The molecule has 3 heterocycles. The highest BCUT2D eigenvalue weighted by Gasteiger charge is 2.19. The van der Waals surface area contributed by atoms with Crippen molar-refractivity contribution in [2.75, 3.05) is 0 Å². The molecule has 0 aliphatic carbocycles. The first-order valence-electron chi connectivity index (χ1n) is 16.8. The number of aryl methyl sites for hydroxylation is 1. The molecule has 50 heavy (non-hydrogen) atoms. The number of benzene rings is 7. The van der Waals surface area contributed by atoms with Gasteiger partial charge in [-0.3, -0.25) is 0 Å². The van der Waals surface area contributed by atoms with E-state index in [2.05, 4.69) is 151 Å². The summed E-state index contributed by atoms with van der Waals surface area (Å²) in [6.07, 6.45) is 2.05. The number of hydrogen-bond donors (Lipinski definition) is 0. The van der Waals surface area contributed by atoms with Gasteiger partial charge in [-0.15, -0.1) is 0 Å². The van der Waals surface area contributed by atoms with Crippen LogP contribution in [0.25, 0.3) is 94.2 Å². The zero-order valence-electron chi connectivity index (χ0n) is 27.2. The SMILES string of the molecule is Cc1c(-c2ccc(-c3nc(-c4cc5ccccc5c5ccccc45)nc(-c4cc5ccccc5c5ccccc45)n3)cc2)nc2ccccn12.